The molecule has 0 amide bonds. The van der Waals surface area contributed by atoms with Gasteiger partial charge in [-0.1, -0.05) is 0 Å². The Balaban J connectivity index is 2.32. The predicted molar refractivity (Wildman–Crippen MR) is 74.5 cm³/mol. The zero-order valence-corrected chi connectivity index (χ0v) is 11.5. The van der Waals surface area contributed by atoms with E-state index in [1.807, 2.05) is 0 Å². The van der Waals surface area contributed by atoms with Crippen molar-refractivity contribution in [2.75, 3.05) is 0 Å². The summed E-state index contributed by atoms with van der Waals surface area (Å²) >= 11 is 0. The monoisotopic (exact) mass is 300 g/mol. The summed E-state index contributed by atoms with van der Waals surface area (Å²) in [4.78, 5) is 8.03. The molecule has 0 saturated carbocycles. The van der Waals surface area contributed by atoms with Crippen LogP contribution in [-0.2, 0) is 13.7 Å². The number of imidazole rings is 1. The molecule has 1 N–H and O–H groups in total. The molecule has 2 heterocycles. The number of hydrogen-bond donors (Lipinski definition) is 1. The van der Waals surface area contributed by atoms with Crippen LogP contribution in [-0.4, -0.2) is 19.6 Å². The first-order valence-corrected chi connectivity index (χ1v) is 6.36. The van der Waals surface area contributed by atoms with Gasteiger partial charge in [0.05, 0.1) is 29.4 Å². The van der Waals surface area contributed by atoms with Crippen molar-refractivity contribution >= 4 is 11.0 Å². The van der Waals surface area contributed by atoms with E-state index < -0.39 is 18.2 Å². The van der Waals surface area contributed by atoms with Gasteiger partial charge in [-0.05, 0) is 6.07 Å². The molecule has 3 aromatic rings. The summed E-state index contributed by atoms with van der Waals surface area (Å²) in [6, 6.07) is 4.30. The van der Waals surface area contributed by atoms with E-state index in [2.05, 4.69) is 9.97 Å². The van der Waals surface area contributed by atoms with Gasteiger partial charge in [0.15, 0.2) is 0 Å². The summed E-state index contributed by atoms with van der Waals surface area (Å²) in [5, 5.41) is 18.2. The summed E-state index contributed by atoms with van der Waals surface area (Å²) in [5.74, 6) is -0.976. The summed E-state index contributed by atoms with van der Waals surface area (Å²) < 4.78 is 29.0. The van der Waals surface area contributed by atoms with Gasteiger partial charge in [0.1, 0.15) is 23.5 Å². The zero-order valence-electron chi connectivity index (χ0n) is 11.5. The van der Waals surface area contributed by atoms with Crippen molar-refractivity contribution in [3.05, 3.63) is 47.3 Å². The largest absolute Gasteiger partial charge is 0.392 e. The number of pyridine rings is 1. The maximum atomic E-state index is 13.7. The average molecular weight is 300 g/mol. The van der Waals surface area contributed by atoms with Gasteiger partial charge in [0.2, 0.25) is 0 Å². The third-order valence-electron chi connectivity index (χ3n) is 3.49. The van der Waals surface area contributed by atoms with Gasteiger partial charge in [-0.2, -0.15) is 5.26 Å². The Morgan fingerprint density at radius 1 is 1.27 bits per heavy atom. The predicted octanol–water partition coefficient (Wildman–Crippen LogP) is 2.28. The summed E-state index contributed by atoms with van der Waals surface area (Å²) in [7, 11) is 1.66. The van der Waals surface area contributed by atoms with Gasteiger partial charge < -0.3 is 9.67 Å². The van der Waals surface area contributed by atoms with Crippen molar-refractivity contribution in [3.8, 4) is 17.5 Å². The first kappa shape index (κ1) is 14.1. The van der Waals surface area contributed by atoms with Crippen LogP contribution in [0, 0.1) is 23.0 Å². The molecule has 0 unspecified atom stereocenters. The lowest BCUT2D eigenvalue weighted by Gasteiger charge is -2.07. The van der Waals surface area contributed by atoms with E-state index >= 15 is 0 Å². The van der Waals surface area contributed by atoms with Gasteiger partial charge in [-0.25, -0.2) is 13.8 Å². The van der Waals surface area contributed by atoms with Crippen molar-refractivity contribution in [3.63, 3.8) is 0 Å². The van der Waals surface area contributed by atoms with Gasteiger partial charge in [0.25, 0.3) is 0 Å². The van der Waals surface area contributed by atoms with Crippen molar-refractivity contribution < 1.29 is 13.9 Å². The molecule has 0 atom stereocenters. The maximum absolute atomic E-state index is 13.7. The van der Waals surface area contributed by atoms with Crippen LogP contribution in [0.3, 0.4) is 0 Å². The van der Waals surface area contributed by atoms with Crippen molar-refractivity contribution in [2.24, 2.45) is 7.05 Å². The molecular weight excluding hydrogens is 290 g/mol. The molecule has 3 rings (SSSR count). The Hall–Kier alpha value is -2.85. The smallest absolute Gasteiger partial charge is 0.147 e. The van der Waals surface area contributed by atoms with Crippen LogP contribution in [0.15, 0.2) is 24.5 Å². The topological polar surface area (TPSA) is 74.7 Å². The van der Waals surface area contributed by atoms with Crippen LogP contribution in [0.4, 0.5) is 8.78 Å². The van der Waals surface area contributed by atoms with Crippen molar-refractivity contribution in [1.82, 2.24) is 14.5 Å². The van der Waals surface area contributed by atoms with Gasteiger partial charge >= 0.3 is 0 Å². The Bertz CT molecular complexity index is 927. The quantitative estimate of drug-likeness (QED) is 0.788. The van der Waals surface area contributed by atoms with Crippen molar-refractivity contribution in [1.29, 1.82) is 5.26 Å². The van der Waals surface area contributed by atoms with E-state index in [0.29, 0.717) is 22.4 Å². The molecular formula is C15H10F2N4O. The molecule has 0 aliphatic rings. The number of nitrogens with zero attached hydrogens (tertiary/aromatic N) is 4. The van der Waals surface area contributed by atoms with E-state index in [9.17, 15) is 13.9 Å². The van der Waals surface area contributed by atoms with E-state index in [-0.39, 0.29) is 11.1 Å². The fourth-order valence-electron chi connectivity index (χ4n) is 2.35. The lowest BCUT2D eigenvalue weighted by atomic mass is 10.1. The Morgan fingerprint density at radius 3 is 2.73 bits per heavy atom. The SMILES string of the molecule is Cn1c(-c2cncc(F)c2CO)nc2cc(F)c(C#N)cc21. The number of rotatable bonds is 2. The fraction of sp³-hybridized carbons (Fsp3) is 0.133. The minimum atomic E-state index is -0.667. The number of aryl methyl sites for hydroxylation is 1. The van der Waals surface area contributed by atoms with Crippen molar-refractivity contribution in [2.45, 2.75) is 6.61 Å². The van der Waals surface area contributed by atoms with Crippen LogP contribution in [0.25, 0.3) is 22.4 Å². The molecule has 0 aliphatic heterocycles. The molecule has 0 bridgehead atoms. The minimum absolute atomic E-state index is 0.0642. The molecule has 7 heteroatoms. The molecule has 0 aliphatic carbocycles. The summed E-state index contributed by atoms with van der Waals surface area (Å²) in [6.45, 7) is -0.509. The van der Waals surface area contributed by atoms with Crippen LogP contribution in [0.2, 0.25) is 0 Å². The second-order valence-electron chi connectivity index (χ2n) is 4.73. The highest BCUT2D eigenvalue weighted by molar-refractivity contribution is 5.82. The number of aliphatic hydroxyl groups excluding tert-OH is 1. The number of aliphatic hydroxyl groups is 1. The molecule has 1 aromatic carbocycles. The van der Waals surface area contributed by atoms with E-state index in [4.69, 9.17) is 5.26 Å². The lowest BCUT2D eigenvalue weighted by molar-refractivity contribution is 0.276. The molecule has 110 valence electrons. The highest BCUT2D eigenvalue weighted by atomic mass is 19.1. The third-order valence-corrected chi connectivity index (χ3v) is 3.49. The van der Waals surface area contributed by atoms with Crippen LogP contribution < -0.4 is 0 Å². The number of fused-ring (bicyclic) bond motifs is 1. The molecule has 22 heavy (non-hydrogen) atoms. The lowest BCUT2D eigenvalue weighted by Crippen LogP contribution is -2.00. The Kier molecular flexibility index (Phi) is 3.31. The summed E-state index contributed by atoms with van der Waals surface area (Å²) in [5.41, 5.74) is 1.15. The first-order valence-electron chi connectivity index (χ1n) is 6.36. The first-order chi connectivity index (χ1) is 10.6. The van der Waals surface area contributed by atoms with Gasteiger partial charge in [-0.15, -0.1) is 0 Å². The maximum Gasteiger partial charge on any atom is 0.147 e. The van der Waals surface area contributed by atoms with E-state index in [0.717, 1.165) is 12.3 Å². The highest BCUT2D eigenvalue weighted by Crippen LogP contribution is 2.28. The average Bonchev–Trinajstić information content (AvgIpc) is 2.82. The van der Waals surface area contributed by atoms with Crippen LogP contribution >= 0.6 is 0 Å². The molecule has 0 fully saturated rings. The normalized spacial score (nSPS) is 10.9. The van der Waals surface area contributed by atoms with E-state index in [1.165, 1.54) is 12.3 Å². The second kappa shape index (κ2) is 5.16. The number of aromatic nitrogens is 3. The van der Waals surface area contributed by atoms with Gasteiger partial charge in [-0.3, -0.25) is 4.98 Å². The number of benzene rings is 1. The number of halogens is 2. The fourth-order valence-corrected chi connectivity index (χ4v) is 2.35. The standard InChI is InChI=1S/C15H10F2N4O/c1-21-14-2-8(4-18)11(16)3-13(14)20-15(21)9-5-19-6-12(17)10(9)7-22/h2-3,5-6,22H,7H2,1H3. The zero-order chi connectivity index (χ0) is 15.9. The number of hydrogen-bond acceptors (Lipinski definition) is 4. The van der Waals surface area contributed by atoms with Crippen LogP contribution in [0.5, 0.6) is 0 Å². The second-order valence-corrected chi connectivity index (χ2v) is 4.73. The number of nitriles is 1. The molecule has 2 aromatic heterocycles. The minimum Gasteiger partial charge on any atom is -0.392 e. The Morgan fingerprint density at radius 2 is 2.05 bits per heavy atom. The van der Waals surface area contributed by atoms with Gasteiger partial charge in [0, 0.05) is 30.4 Å². The molecule has 0 radical (unpaired) electrons. The summed E-state index contributed by atoms with van der Waals surface area (Å²) in [6.07, 6.45) is 2.39. The molecule has 0 saturated heterocycles. The highest BCUT2D eigenvalue weighted by Gasteiger charge is 2.17. The molecule has 0 spiro atoms. The Labute approximate surface area is 124 Å². The van der Waals surface area contributed by atoms with Crippen LogP contribution in [0.1, 0.15) is 11.1 Å². The molecule has 5 nitrogen and oxygen atoms in total. The third kappa shape index (κ3) is 2.01. The van der Waals surface area contributed by atoms with E-state index in [1.54, 1.807) is 17.7 Å².